The highest BCUT2D eigenvalue weighted by atomic mass is 16.1. The third-order valence-electron chi connectivity index (χ3n) is 3.01. The number of carbonyl (C=O) groups excluding carboxylic acids is 1. The molecule has 0 atom stereocenters. The first-order valence-corrected chi connectivity index (χ1v) is 4.94. The van der Waals surface area contributed by atoms with Crippen LogP contribution in [-0.2, 0) is 6.42 Å². The summed E-state index contributed by atoms with van der Waals surface area (Å²) in [4.78, 5) is 12.0. The fourth-order valence-corrected chi connectivity index (χ4v) is 1.95. The molecule has 74 valence electrons. The Labute approximate surface area is 84.1 Å². The van der Waals surface area contributed by atoms with Crippen LogP contribution in [0.2, 0.25) is 0 Å². The van der Waals surface area contributed by atoms with Gasteiger partial charge < -0.3 is 5.73 Å². The van der Waals surface area contributed by atoms with E-state index in [-0.39, 0.29) is 11.2 Å². The van der Waals surface area contributed by atoms with Gasteiger partial charge in [-0.3, -0.25) is 4.79 Å². The Morgan fingerprint density at radius 1 is 1.36 bits per heavy atom. The Hall–Kier alpha value is -1.31. The Morgan fingerprint density at radius 3 is 2.79 bits per heavy atom. The van der Waals surface area contributed by atoms with E-state index in [1.807, 2.05) is 26.0 Å². The third-order valence-corrected chi connectivity index (χ3v) is 3.01. The molecule has 0 spiro atoms. The molecule has 1 aliphatic rings. The maximum atomic E-state index is 12.0. The second-order valence-corrected chi connectivity index (χ2v) is 4.63. The monoisotopic (exact) mass is 189 g/mol. The van der Waals surface area contributed by atoms with Crippen molar-refractivity contribution in [1.29, 1.82) is 0 Å². The highest BCUT2D eigenvalue weighted by Crippen LogP contribution is 2.35. The van der Waals surface area contributed by atoms with Crippen LogP contribution < -0.4 is 5.73 Å². The summed E-state index contributed by atoms with van der Waals surface area (Å²) < 4.78 is 0. The minimum Gasteiger partial charge on any atom is -0.399 e. The molecule has 1 aliphatic carbocycles. The summed E-state index contributed by atoms with van der Waals surface area (Å²) in [5.74, 6) is 0.228. The van der Waals surface area contributed by atoms with Crippen molar-refractivity contribution in [2.75, 3.05) is 5.73 Å². The van der Waals surface area contributed by atoms with Gasteiger partial charge in [-0.1, -0.05) is 19.9 Å². The average Bonchev–Trinajstić information content (AvgIpc) is 2.13. The third kappa shape index (κ3) is 1.31. The van der Waals surface area contributed by atoms with Crippen LogP contribution in [0.3, 0.4) is 0 Å². The van der Waals surface area contributed by atoms with E-state index >= 15 is 0 Å². The molecule has 2 N–H and O–H groups in total. The van der Waals surface area contributed by atoms with Crippen molar-refractivity contribution < 1.29 is 4.79 Å². The van der Waals surface area contributed by atoms with E-state index in [0.717, 1.165) is 24.0 Å². The van der Waals surface area contributed by atoms with Crippen LogP contribution in [-0.4, -0.2) is 5.78 Å². The van der Waals surface area contributed by atoms with Crippen LogP contribution in [0.5, 0.6) is 0 Å². The molecular weight excluding hydrogens is 174 g/mol. The predicted octanol–water partition coefficient (Wildman–Crippen LogP) is 2.42. The first kappa shape index (κ1) is 9.25. The van der Waals surface area contributed by atoms with Crippen molar-refractivity contribution in [3.63, 3.8) is 0 Å². The zero-order valence-corrected chi connectivity index (χ0v) is 8.63. The SMILES string of the molecule is CC1(C)CCc2ccc(N)cc2C1=O. The minimum atomic E-state index is -0.221. The van der Waals surface area contributed by atoms with E-state index in [9.17, 15) is 4.79 Å². The van der Waals surface area contributed by atoms with E-state index in [0.29, 0.717) is 5.69 Å². The summed E-state index contributed by atoms with van der Waals surface area (Å²) in [6.45, 7) is 4.00. The van der Waals surface area contributed by atoms with E-state index in [1.54, 1.807) is 6.07 Å². The van der Waals surface area contributed by atoms with Gasteiger partial charge in [0.15, 0.2) is 5.78 Å². The number of Topliss-reactive ketones (excluding diaryl/α,β-unsaturated/α-hetero) is 1. The van der Waals surface area contributed by atoms with Gasteiger partial charge in [0.1, 0.15) is 0 Å². The molecule has 2 nitrogen and oxygen atoms in total. The normalized spacial score (nSPS) is 19.1. The smallest absolute Gasteiger partial charge is 0.168 e. The second kappa shape index (κ2) is 2.84. The van der Waals surface area contributed by atoms with Gasteiger partial charge >= 0.3 is 0 Å². The molecule has 14 heavy (non-hydrogen) atoms. The second-order valence-electron chi connectivity index (χ2n) is 4.63. The molecule has 0 unspecified atom stereocenters. The lowest BCUT2D eigenvalue weighted by Gasteiger charge is -2.29. The molecule has 0 saturated carbocycles. The molecule has 1 aromatic rings. The molecule has 1 aromatic carbocycles. The van der Waals surface area contributed by atoms with E-state index in [1.165, 1.54) is 0 Å². The van der Waals surface area contributed by atoms with Crippen LogP contribution in [0.4, 0.5) is 5.69 Å². The van der Waals surface area contributed by atoms with Crippen molar-refractivity contribution >= 4 is 11.5 Å². The highest BCUT2D eigenvalue weighted by Gasteiger charge is 2.33. The Balaban J connectivity index is 2.54. The molecule has 0 bridgehead atoms. The molecule has 0 fully saturated rings. The van der Waals surface area contributed by atoms with Gasteiger partial charge in [-0.25, -0.2) is 0 Å². The molecule has 2 rings (SSSR count). The molecule has 0 heterocycles. The average molecular weight is 189 g/mol. The van der Waals surface area contributed by atoms with E-state index in [2.05, 4.69) is 0 Å². The number of carbonyl (C=O) groups is 1. The number of nitrogens with two attached hydrogens (primary N) is 1. The number of hydrogen-bond donors (Lipinski definition) is 1. The molecular formula is C12H15NO. The predicted molar refractivity (Wildman–Crippen MR) is 57.3 cm³/mol. The number of ketones is 1. The highest BCUT2D eigenvalue weighted by molar-refractivity contribution is 6.02. The summed E-state index contributed by atoms with van der Waals surface area (Å²) in [6, 6.07) is 5.64. The lowest BCUT2D eigenvalue weighted by molar-refractivity contribution is 0.0811. The molecule has 0 saturated heterocycles. The summed E-state index contributed by atoms with van der Waals surface area (Å²) in [6.07, 6.45) is 1.91. The molecule has 0 aliphatic heterocycles. The van der Waals surface area contributed by atoms with Crippen molar-refractivity contribution in [3.05, 3.63) is 29.3 Å². The number of hydrogen-bond acceptors (Lipinski definition) is 2. The van der Waals surface area contributed by atoms with E-state index in [4.69, 9.17) is 5.73 Å². The van der Waals surface area contributed by atoms with Crippen LogP contribution in [0.15, 0.2) is 18.2 Å². The quantitative estimate of drug-likeness (QED) is 0.637. The number of fused-ring (bicyclic) bond motifs is 1. The van der Waals surface area contributed by atoms with Crippen LogP contribution in [0.25, 0.3) is 0 Å². The van der Waals surface area contributed by atoms with Gasteiger partial charge in [0.25, 0.3) is 0 Å². The summed E-state index contributed by atoms with van der Waals surface area (Å²) in [5.41, 5.74) is 8.10. The lowest BCUT2D eigenvalue weighted by Crippen LogP contribution is -2.30. The largest absolute Gasteiger partial charge is 0.399 e. The van der Waals surface area contributed by atoms with Gasteiger partial charge in [-0.2, -0.15) is 0 Å². The summed E-state index contributed by atoms with van der Waals surface area (Å²) >= 11 is 0. The van der Waals surface area contributed by atoms with Gasteiger partial charge in [-0.15, -0.1) is 0 Å². The van der Waals surface area contributed by atoms with Gasteiger partial charge in [-0.05, 0) is 30.5 Å². The molecule has 0 aromatic heterocycles. The van der Waals surface area contributed by atoms with Gasteiger partial charge in [0, 0.05) is 16.7 Å². The molecule has 0 radical (unpaired) electrons. The van der Waals surface area contributed by atoms with Crippen molar-refractivity contribution in [2.24, 2.45) is 5.41 Å². The van der Waals surface area contributed by atoms with E-state index < -0.39 is 0 Å². The number of benzene rings is 1. The number of aryl methyl sites for hydroxylation is 1. The number of rotatable bonds is 0. The topological polar surface area (TPSA) is 43.1 Å². The maximum absolute atomic E-state index is 12.0. The van der Waals surface area contributed by atoms with Gasteiger partial charge in [0.05, 0.1) is 0 Å². The van der Waals surface area contributed by atoms with Gasteiger partial charge in [0.2, 0.25) is 0 Å². The standard InChI is InChI=1S/C12H15NO/c1-12(2)6-5-8-3-4-9(13)7-10(8)11(12)14/h3-4,7H,5-6,13H2,1-2H3. The lowest BCUT2D eigenvalue weighted by atomic mass is 9.73. The van der Waals surface area contributed by atoms with Crippen molar-refractivity contribution in [1.82, 2.24) is 0 Å². The Morgan fingerprint density at radius 2 is 2.07 bits per heavy atom. The zero-order valence-electron chi connectivity index (χ0n) is 8.63. The van der Waals surface area contributed by atoms with Crippen molar-refractivity contribution in [3.8, 4) is 0 Å². The summed E-state index contributed by atoms with van der Waals surface area (Å²) in [7, 11) is 0. The molecule has 2 heteroatoms. The van der Waals surface area contributed by atoms with Crippen LogP contribution in [0.1, 0.15) is 36.2 Å². The zero-order chi connectivity index (χ0) is 10.3. The Kier molecular flexibility index (Phi) is 1.88. The van der Waals surface area contributed by atoms with Crippen molar-refractivity contribution in [2.45, 2.75) is 26.7 Å². The summed E-state index contributed by atoms with van der Waals surface area (Å²) in [5, 5.41) is 0. The first-order valence-electron chi connectivity index (χ1n) is 4.94. The number of anilines is 1. The van der Waals surface area contributed by atoms with Crippen LogP contribution >= 0.6 is 0 Å². The minimum absolute atomic E-state index is 0.221. The maximum Gasteiger partial charge on any atom is 0.168 e. The Bertz CT molecular complexity index is 393. The number of nitrogen functional groups attached to an aromatic ring is 1. The fraction of sp³-hybridized carbons (Fsp3) is 0.417. The van der Waals surface area contributed by atoms with Crippen LogP contribution in [0, 0.1) is 5.41 Å². The fourth-order valence-electron chi connectivity index (χ4n) is 1.95. The first-order chi connectivity index (χ1) is 6.50. The molecule has 0 amide bonds.